The van der Waals surface area contributed by atoms with Gasteiger partial charge in [-0.2, -0.15) is 0 Å². The quantitative estimate of drug-likeness (QED) is 0.547. The second-order valence-corrected chi connectivity index (χ2v) is 5.04. The summed E-state index contributed by atoms with van der Waals surface area (Å²) in [6, 6.07) is 3.15. The largest absolute Gasteiger partial charge is 0.496 e. The van der Waals surface area contributed by atoms with Crippen molar-refractivity contribution in [2.45, 2.75) is 0 Å². The van der Waals surface area contributed by atoms with E-state index in [0.29, 0.717) is 17.0 Å². The molecule has 0 spiro atoms. The first-order chi connectivity index (χ1) is 10.2. The van der Waals surface area contributed by atoms with Gasteiger partial charge >= 0.3 is 5.69 Å². The van der Waals surface area contributed by atoms with Crippen LogP contribution in [0, 0.1) is 10.1 Å². The Morgan fingerprint density at radius 3 is 2.62 bits per heavy atom. The first-order valence-electron chi connectivity index (χ1n) is 5.97. The minimum Gasteiger partial charge on any atom is -0.496 e. The number of nitrogens with zero attached hydrogens (tertiary/aromatic N) is 3. The van der Waals surface area contributed by atoms with Gasteiger partial charge in [0.05, 0.1) is 19.1 Å². The molecule has 0 amide bonds. The summed E-state index contributed by atoms with van der Waals surface area (Å²) in [5.74, 6) is 0.556. The highest BCUT2D eigenvalue weighted by Crippen LogP contribution is 2.43. The Morgan fingerprint density at radius 1 is 1.29 bits per heavy atom. The standard InChI is InChI=1S/C13H11N3O4S/c1-19-9-3-4-10(20-2)12(16(17)18)11(9)8-7-15-5-6-21-13(15)14-8/h3-7H,1-2H3. The van der Waals surface area contributed by atoms with E-state index in [9.17, 15) is 10.1 Å². The zero-order chi connectivity index (χ0) is 15.0. The fourth-order valence-corrected chi connectivity index (χ4v) is 2.87. The number of thiazole rings is 1. The van der Waals surface area contributed by atoms with E-state index >= 15 is 0 Å². The van der Waals surface area contributed by atoms with Crippen LogP contribution in [0.4, 0.5) is 5.69 Å². The summed E-state index contributed by atoms with van der Waals surface area (Å²) in [6.45, 7) is 0. The Hall–Kier alpha value is -2.61. The first-order valence-corrected chi connectivity index (χ1v) is 6.85. The molecule has 8 heteroatoms. The maximum Gasteiger partial charge on any atom is 0.324 e. The van der Waals surface area contributed by atoms with Crippen molar-refractivity contribution >= 4 is 22.0 Å². The Kier molecular flexibility index (Phi) is 3.22. The van der Waals surface area contributed by atoms with E-state index < -0.39 is 4.92 Å². The van der Waals surface area contributed by atoms with Gasteiger partial charge in [-0.1, -0.05) is 0 Å². The molecule has 0 radical (unpaired) electrons. The average Bonchev–Trinajstić information content (AvgIpc) is 3.06. The Bertz CT molecular complexity index is 796. The highest BCUT2D eigenvalue weighted by molar-refractivity contribution is 7.15. The van der Waals surface area contributed by atoms with Crippen molar-refractivity contribution in [2.75, 3.05) is 14.2 Å². The molecule has 21 heavy (non-hydrogen) atoms. The van der Waals surface area contributed by atoms with Crippen LogP contribution >= 0.6 is 11.3 Å². The fourth-order valence-electron chi connectivity index (χ4n) is 2.17. The van der Waals surface area contributed by atoms with E-state index in [1.807, 2.05) is 16.0 Å². The van der Waals surface area contributed by atoms with Gasteiger partial charge in [-0.15, -0.1) is 11.3 Å². The van der Waals surface area contributed by atoms with Gasteiger partial charge in [0.15, 0.2) is 10.7 Å². The zero-order valence-electron chi connectivity index (χ0n) is 11.3. The number of imidazole rings is 1. The van der Waals surface area contributed by atoms with Gasteiger partial charge in [-0.25, -0.2) is 4.98 Å². The van der Waals surface area contributed by atoms with Crippen molar-refractivity contribution < 1.29 is 14.4 Å². The molecule has 0 fully saturated rings. The lowest BCUT2D eigenvalue weighted by atomic mass is 10.1. The van der Waals surface area contributed by atoms with Crippen LogP contribution in [-0.4, -0.2) is 28.5 Å². The average molecular weight is 305 g/mol. The van der Waals surface area contributed by atoms with Gasteiger partial charge in [0, 0.05) is 17.8 Å². The molecule has 0 unspecified atom stereocenters. The van der Waals surface area contributed by atoms with Crippen molar-refractivity contribution in [2.24, 2.45) is 0 Å². The van der Waals surface area contributed by atoms with E-state index in [1.165, 1.54) is 31.6 Å². The van der Waals surface area contributed by atoms with Gasteiger partial charge in [0.1, 0.15) is 17.0 Å². The molecular formula is C13H11N3O4S. The predicted octanol–water partition coefficient (Wildman–Crippen LogP) is 2.99. The van der Waals surface area contributed by atoms with Crippen LogP contribution in [0.1, 0.15) is 0 Å². The van der Waals surface area contributed by atoms with Crippen molar-refractivity contribution in [1.29, 1.82) is 0 Å². The second kappa shape index (κ2) is 5.06. The minimum atomic E-state index is -0.482. The van der Waals surface area contributed by atoms with E-state index in [0.717, 1.165) is 4.96 Å². The van der Waals surface area contributed by atoms with Gasteiger partial charge in [-0.05, 0) is 12.1 Å². The number of ether oxygens (including phenoxy) is 2. The van der Waals surface area contributed by atoms with E-state index in [2.05, 4.69) is 4.98 Å². The van der Waals surface area contributed by atoms with Gasteiger partial charge in [0.2, 0.25) is 0 Å². The molecule has 0 aliphatic heterocycles. The summed E-state index contributed by atoms with van der Waals surface area (Å²) < 4.78 is 12.2. The van der Waals surface area contributed by atoms with Gasteiger partial charge < -0.3 is 9.47 Å². The van der Waals surface area contributed by atoms with Crippen molar-refractivity contribution in [3.63, 3.8) is 0 Å². The number of rotatable bonds is 4. The smallest absolute Gasteiger partial charge is 0.324 e. The van der Waals surface area contributed by atoms with Crippen molar-refractivity contribution in [1.82, 2.24) is 9.38 Å². The number of nitro groups is 1. The molecule has 0 bridgehead atoms. The maximum atomic E-state index is 11.4. The zero-order valence-corrected chi connectivity index (χ0v) is 12.1. The first kappa shape index (κ1) is 13.4. The summed E-state index contributed by atoms with van der Waals surface area (Å²) in [7, 11) is 2.86. The highest BCUT2D eigenvalue weighted by atomic mass is 32.1. The molecule has 1 aromatic carbocycles. The number of aromatic nitrogens is 2. The molecule has 7 nitrogen and oxygen atoms in total. The SMILES string of the molecule is COc1ccc(OC)c([N+](=O)[O-])c1-c1cn2ccsc2n1. The van der Waals surface area contributed by atoms with Crippen LogP contribution in [0.2, 0.25) is 0 Å². The van der Waals surface area contributed by atoms with Crippen LogP contribution in [0.5, 0.6) is 11.5 Å². The molecule has 2 aromatic heterocycles. The van der Waals surface area contributed by atoms with Crippen molar-refractivity contribution in [3.8, 4) is 22.8 Å². The molecule has 3 rings (SSSR count). The Balaban J connectivity index is 2.32. The number of benzene rings is 1. The summed E-state index contributed by atoms with van der Waals surface area (Å²) in [5, 5.41) is 13.3. The molecule has 3 aromatic rings. The van der Waals surface area contributed by atoms with Crippen LogP contribution in [0.3, 0.4) is 0 Å². The molecule has 0 aliphatic carbocycles. The van der Waals surface area contributed by atoms with Crippen LogP contribution in [-0.2, 0) is 0 Å². The van der Waals surface area contributed by atoms with Gasteiger partial charge in [-0.3, -0.25) is 14.5 Å². The fraction of sp³-hybridized carbons (Fsp3) is 0.154. The third kappa shape index (κ3) is 2.09. The Labute approximate surface area is 123 Å². The van der Waals surface area contributed by atoms with Crippen LogP contribution in [0.25, 0.3) is 16.2 Å². The normalized spacial score (nSPS) is 10.8. The van der Waals surface area contributed by atoms with Crippen molar-refractivity contribution in [3.05, 3.63) is 40.0 Å². The summed E-state index contributed by atoms with van der Waals surface area (Å²) >= 11 is 1.45. The predicted molar refractivity (Wildman–Crippen MR) is 78.3 cm³/mol. The maximum absolute atomic E-state index is 11.4. The molecule has 108 valence electrons. The summed E-state index contributed by atoms with van der Waals surface area (Å²) in [6.07, 6.45) is 3.57. The number of fused-ring (bicyclic) bond motifs is 1. The third-order valence-electron chi connectivity index (χ3n) is 3.07. The molecular weight excluding hydrogens is 294 g/mol. The topological polar surface area (TPSA) is 78.9 Å². The van der Waals surface area contributed by atoms with E-state index in [-0.39, 0.29) is 11.4 Å². The molecule has 0 saturated carbocycles. The van der Waals surface area contributed by atoms with Crippen LogP contribution in [0.15, 0.2) is 29.9 Å². The number of hydrogen-bond donors (Lipinski definition) is 0. The molecule has 0 aliphatic rings. The lowest BCUT2D eigenvalue weighted by molar-refractivity contribution is -0.385. The molecule has 0 atom stereocenters. The minimum absolute atomic E-state index is 0.150. The molecule has 0 N–H and O–H groups in total. The number of methoxy groups -OCH3 is 2. The molecule has 0 saturated heterocycles. The van der Waals surface area contributed by atoms with E-state index in [1.54, 1.807) is 12.3 Å². The summed E-state index contributed by atoms with van der Waals surface area (Å²) in [5.41, 5.74) is 0.643. The second-order valence-electron chi connectivity index (χ2n) is 4.17. The van der Waals surface area contributed by atoms with E-state index in [4.69, 9.17) is 9.47 Å². The lowest BCUT2D eigenvalue weighted by Gasteiger charge is -2.09. The number of nitro benzene ring substituents is 1. The highest BCUT2D eigenvalue weighted by Gasteiger charge is 2.28. The lowest BCUT2D eigenvalue weighted by Crippen LogP contribution is -1.99. The van der Waals surface area contributed by atoms with Crippen LogP contribution < -0.4 is 9.47 Å². The Morgan fingerprint density at radius 2 is 2.00 bits per heavy atom. The van der Waals surface area contributed by atoms with Gasteiger partial charge in [0.25, 0.3) is 0 Å². The third-order valence-corrected chi connectivity index (χ3v) is 3.85. The monoisotopic (exact) mass is 305 g/mol. The summed E-state index contributed by atoms with van der Waals surface area (Å²) in [4.78, 5) is 16.1. The molecule has 2 heterocycles. The number of hydrogen-bond acceptors (Lipinski definition) is 6.